The number of nitrogens with one attached hydrogen (secondary N) is 1. The molecule has 0 aliphatic heterocycles. The number of benzene rings is 2. The molecule has 1 N–H and O–H groups in total. The SMILES string of the molecule is Cc1cc(C)cc(OC(C)C(=O)Nc2ccc(OC(F)(F)F)cc2)c1. The van der Waals surface area contributed by atoms with Gasteiger partial charge in [-0.3, -0.25) is 4.79 Å². The number of ether oxygens (including phenoxy) is 2. The lowest BCUT2D eigenvalue weighted by Gasteiger charge is -2.16. The molecule has 2 aromatic carbocycles. The van der Waals surface area contributed by atoms with Crippen molar-refractivity contribution in [1.82, 2.24) is 0 Å². The van der Waals surface area contributed by atoms with Crippen LogP contribution in [0, 0.1) is 13.8 Å². The Kier molecular flexibility index (Phi) is 5.56. The highest BCUT2D eigenvalue weighted by Gasteiger charge is 2.31. The van der Waals surface area contributed by atoms with Crippen molar-refractivity contribution in [3.8, 4) is 11.5 Å². The van der Waals surface area contributed by atoms with Crippen molar-refractivity contribution < 1.29 is 27.4 Å². The van der Waals surface area contributed by atoms with E-state index < -0.39 is 18.4 Å². The lowest BCUT2D eigenvalue weighted by Crippen LogP contribution is -2.30. The second-order valence-electron chi connectivity index (χ2n) is 5.64. The molecule has 1 amide bonds. The van der Waals surface area contributed by atoms with Crippen LogP contribution in [0.1, 0.15) is 18.1 Å². The summed E-state index contributed by atoms with van der Waals surface area (Å²) in [6.45, 7) is 5.44. The topological polar surface area (TPSA) is 47.6 Å². The fourth-order valence-corrected chi connectivity index (χ4v) is 2.24. The van der Waals surface area contributed by atoms with E-state index in [1.807, 2.05) is 32.0 Å². The third kappa shape index (κ3) is 6.02. The molecule has 2 aromatic rings. The van der Waals surface area contributed by atoms with Gasteiger partial charge in [0.2, 0.25) is 0 Å². The van der Waals surface area contributed by atoms with E-state index in [1.54, 1.807) is 6.92 Å². The maximum Gasteiger partial charge on any atom is 0.573 e. The van der Waals surface area contributed by atoms with E-state index in [-0.39, 0.29) is 5.75 Å². The van der Waals surface area contributed by atoms with E-state index in [4.69, 9.17) is 4.74 Å². The van der Waals surface area contributed by atoms with Gasteiger partial charge >= 0.3 is 6.36 Å². The molecule has 0 saturated carbocycles. The minimum Gasteiger partial charge on any atom is -0.481 e. The van der Waals surface area contributed by atoms with Crippen molar-refractivity contribution in [1.29, 1.82) is 0 Å². The fourth-order valence-electron chi connectivity index (χ4n) is 2.24. The van der Waals surface area contributed by atoms with E-state index in [1.165, 1.54) is 12.1 Å². The van der Waals surface area contributed by atoms with Gasteiger partial charge in [0.1, 0.15) is 11.5 Å². The molecule has 134 valence electrons. The van der Waals surface area contributed by atoms with Crippen LogP contribution in [0.25, 0.3) is 0 Å². The smallest absolute Gasteiger partial charge is 0.481 e. The van der Waals surface area contributed by atoms with Gasteiger partial charge in [0.05, 0.1) is 0 Å². The lowest BCUT2D eigenvalue weighted by molar-refractivity contribution is -0.274. The van der Waals surface area contributed by atoms with E-state index in [0.29, 0.717) is 11.4 Å². The molecule has 2 rings (SSSR count). The van der Waals surface area contributed by atoms with Crippen molar-refractivity contribution >= 4 is 11.6 Å². The molecule has 0 spiro atoms. The Morgan fingerprint density at radius 3 is 2.08 bits per heavy atom. The highest BCUT2D eigenvalue weighted by Crippen LogP contribution is 2.24. The van der Waals surface area contributed by atoms with Gasteiger partial charge < -0.3 is 14.8 Å². The van der Waals surface area contributed by atoms with E-state index in [9.17, 15) is 18.0 Å². The molecular formula is C18H18F3NO3. The van der Waals surface area contributed by atoms with Gasteiger partial charge in [-0.05, 0) is 68.3 Å². The summed E-state index contributed by atoms with van der Waals surface area (Å²) >= 11 is 0. The van der Waals surface area contributed by atoms with Crippen LogP contribution in [0.2, 0.25) is 0 Å². The first-order valence-electron chi connectivity index (χ1n) is 7.54. The first-order chi connectivity index (χ1) is 11.6. The largest absolute Gasteiger partial charge is 0.573 e. The summed E-state index contributed by atoms with van der Waals surface area (Å²) in [5.74, 6) is -0.192. The number of hydrogen-bond donors (Lipinski definition) is 1. The van der Waals surface area contributed by atoms with Crippen molar-refractivity contribution in [2.24, 2.45) is 0 Å². The van der Waals surface area contributed by atoms with Crippen molar-refractivity contribution in [2.75, 3.05) is 5.32 Å². The molecular weight excluding hydrogens is 335 g/mol. The molecule has 0 radical (unpaired) electrons. The predicted octanol–water partition coefficient (Wildman–Crippen LogP) is 4.61. The van der Waals surface area contributed by atoms with Gasteiger partial charge in [0.15, 0.2) is 6.10 Å². The number of halogens is 3. The van der Waals surface area contributed by atoms with Gasteiger partial charge in [-0.1, -0.05) is 6.07 Å². The van der Waals surface area contributed by atoms with Gasteiger partial charge in [0.25, 0.3) is 5.91 Å². The first kappa shape index (κ1) is 18.6. The second kappa shape index (κ2) is 7.46. The number of amides is 1. The van der Waals surface area contributed by atoms with Crippen LogP contribution in [0.5, 0.6) is 11.5 Å². The molecule has 0 heterocycles. The first-order valence-corrected chi connectivity index (χ1v) is 7.54. The summed E-state index contributed by atoms with van der Waals surface area (Å²) in [5, 5.41) is 2.58. The van der Waals surface area contributed by atoms with E-state index in [2.05, 4.69) is 10.1 Å². The molecule has 0 aliphatic rings. The Bertz CT molecular complexity index is 722. The summed E-state index contributed by atoms with van der Waals surface area (Å²) in [6.07, 6.45) is -5.52. The van der Waals surface area contributed by atoms with Crippen LogP contribution in [-0.4, -0.2) is 18.4 Å². The number of carbonyl (C=O) groups is 1. The Morgan fingerprint density at radius 1 is 1.00 bits per heavy atom. The molecule has 7 heteroatoms. The lowest BCUT2D eigenvalue weighted by atomic mass is 10.1. The minimum atomic E-state index is -4.75. The van der Waals surface area contributed by atoms with Gasteiger partial charge in [-0.25, -0.2) is 0 Å². The number of alkyl halides is 3. The Labute approximate surface area is 143 Å². The predicted molar refractivity (Wildman–Crippen MR) is 87.8 cm³/mol. The molecule has 4 nitrogen and oxygen atoms in total. The van der Waals surface area contributed by atoms with Crippen LogP contribution >= 0.6 is 0 Å². The summed E-state index contributed by atoms with van der Waals surface area (Å²) < 4.78 is 45.7. The Hall–Kier alpha value is -2.70. The standard InChI is InChI=1S/C18H18F3NO3/c1-11-8-12(2)10-16(9-11)24-13(3)17(23)22-14-4-6-15(7-5-14)25-18(19,20)21/h4-10,13H,1-3H3,(H,22,23). The zero-order valence-electron chi connectivity index (χ0n) is 14.0. The quantitative estimate of drug-likeness (QED) is 0.854. The zero-order chi connectivity index (χ0) is 18.6. The second-order valence-corrected chi connectivity index (χ2v) is 5.64. The molecule has 0 aliphatic carbocycles. The van der Waals surface area contributed by atoms with E-state index in [0.717, 1.165) is 23.3 Å². The molecule has 0 bridgehead atoms. The maximum atomic E-state index is 12.2. The average molecular weight is 353 g/mol. The normalized spacial score (nSPS) is 12.4. The zero-order valence-corrected chi connectivity index (χ0v) is 14.0. The third-order valence-corrected chi connectivity index (χ3v) is 3.23. The molecule has 1 unspecified atom stereocenters. The van der Waals surface area contributed by atoms with Crippen molar-refractivity contribution in [3.05, 3.63) is 53.6 Å². The Morgan fingerprint density at radius 2 is 1.56 bits per heavy atom. The van der Waals surface area contributed by atoms with Crippen molar-refractivity contribution in [2.45, 2.75) is 33.2 Å². The van der Waals surface area contributed by atoms with Crippen molar-refractivity contribution in [3.63, 3.8) is 0 Å². The highest BCUT2D eigenvalue weighted by molar-refractivity contribution is 5.94. The number of anilines is 1. The van der Waals surface area contributed by atoms with Crippen LogP contribution < -0.4 is 14.8 Å². The average Bonchev–Trinajstić information content (AvgIpc) is 2.46. The molecule has 0 aromatic heterocycles. The minimum absolute atomic E-state index is 0.343. The number of rotatable bonds is 5. The molecule has 1 atom stereocenters. The Balaban J connectivity index is 1.96. The van der Waals surface area contributed by atoms with Gasteiger partial charge in [0, 0.05) is 5.69 Å². The number of carbonyl (C=O) groups excluding carboxylic acids is 1. The summed E-state index contributed by atoms with van der Waals surface area (Å²) in [5.41, 5.74) is 2.38. The maximum absolute atomic E-state index is 12.2. The highest BCUT2D eigenvalue weighted by atomic mass is 19.4. The monoisotopic (exact) mass is 353 g/mol. The third-order valence-electron chi connectivity index (χ3n) is 3.23. The summed E-state index contributed by atoms with van der Waals surface area (Å²) in [4.78, 5) is 12.2. The molecule has 0 saturated heterocycles. The summed E-state index contributed by atoms with van der Waals surface area (Å²) in [6, 6.07) is 10.5. The summed E-state index contributed by atoms with van der Waals surface area (Å²) in [7, 11) is 0. The van der Waals surface area contributed by atoms with Crippen LogP contribution in [-0.2, 0) is 4.79 Å². The number of hydrogen-bond acceptors (Lipinski definition) is 3. The van der Waals surface area contributed by atoms with Crippen LogP contribution in [0.15, 0.2) is 42.5 Å². The van der Waals surface area contributed by atoms with Gasteiger partial charge in [-0.15, -0.1) is 13.2 Å². The van der Waals surface area contributed by atoms with Crippen LogP contribution in [0.3, 0.4) is 0 Å². The number of aryl methyl sites for hydroxylation is 2. The molecule has 25 heavy (non-hydrogen) atoms. The van der Waals surface area contributed by atoms with Crippen LogP contribution in [0.4, 0.5) is 18.9 Å². The van der Waals surface area contributed by atoms with Gasteiger partial charge in [-0.2, -0.15) is 0 Å². The van der Waals surface area contributed by atoms with E-state index >= 15 is 0 Å². The molecule has 0 fully saturated rings. The fraction of sp³-hybridized carbons (Fsp3) is 0.278.